The second kappa shape index (κ2) is 11.1. The Morgan fingerprint density at radius 2 is 1.75 bits per heavy atom. The maximum Gasteiger partial charge on any atom is 0.230 e. The fraction of sp³-hybridized carbons (Fsp3) is 0.409. The summed E-state index contributed by atoms with van der Waals surface area (Å²) < 4.78 is 0. The van der Waals surface area contributed by atoms with Gasteiger partial charge in [-0.25, -0.2) is 0 Å². The first kappa shape index (κ1) is 21.5. The zero-order valence-corrected chi connectivity index (χ0v) is 18.3. The molecule has 1 N–H and O–H groups in total. The highest BCUT2D eigenvalue weighted by Gasteiger charge is 2.13. The van der Waals surface area contributed by atoms with E-state index in [-0.39, 0.29) is 5.91 Å². The number of thioether (sulfide) groups is 1. The average molecular weight is 437 g/mol. The summed E-state index contributed by atoms with van der Waals surface area (Å²) in [7, 11) is 0. The van der Waals surface area contributed by atoms with E-state index in [9.17, 15) is 4.79 Å². The predicted molar refractivity (Wildman–Crippen MR) is 120 cm³/mol. The van der Waals surface area contributed by atoms with Crippen molar-refractivity contribution in [2.45, 2.75) is 38.1 Å². The fourth-order valence-corrected chi connectivity index (χ4v) is 4.80. The molecule has 1 aliphatic heterocycles. The standard InChI is InChI=1S/C22H26Cl2N2OS/c23-20-9-8-19(21(24)12-20)15-28-16-22(27)25-13-17-6-2-3-7-18(17)14-26-10-4-1-5-11-26/h2-3,6-9,12H,1,4-5,10-11,13-16H2,(H,25,27). The summed E-state index contributed by atoms with van der Waals surface area (Å²) in [6, 6.07) is 13.9. The van der Waals surface area contributed by atoms with Crippen molar-refractivity contribution in [2.75, 3.05) is 18.8 Å². The molecule has 150 valence electrons. The Morgan fingerprint density at radius 1 is 1.00 bits per heavy atom. The Bertz CT molecular complexity index is 794. The summed E-state index contributed by atoms with van der Waals surface area (Å²) in [4.78, 5) is 14.8. The first-order chi connectivity index (χ1) is 13.6. The number of carbonyl (C=O) groups is 1. The molecule has 28 heavy (non-hydrogen) atoms. The molecule has 0 aliphatic carbocycles. The van der Waals surface area contributed by atoms with Gasteiger partial charge in [0.25, 0.3) is 0 Å². The highest BCUT2D eigenvalue weighted by atomic mass is 35.5. The van der Waals surface area contributed by atoms with Gasteiger partial charge in [0.2, 0.25) is 5.91 Å². The van der Waals surface area contributed by atoms with Crippen LogP contribution in [-0.4, -0.2) is 29.6 Å². The molecule has 0 unspecified atom stereocenters. The van der Waals surface area contributed by atoms with Gasteiger partial charge in [-0.2, -0.15) is 0 Å². The van der Waals surface area contributed by atoms with E-state index in [1.165, 1.54) is 43.5 Å². The van der Waals surface area contributed by atoms with Crippen LogP contribution in [0.4, 0.5) is 0 Å². The van der Waals surface area contributed by atoms with Crippen molar-refractivity contribution in [2.24, 2.45) is 0 Å². The van der Waals surface area contributed by atoms with Crippen LogP contribution in [0.5, 0.6) is 0 Å². The van der Waals surface area contributed by atoms with Gasteiger partial charge in [-0.05, 0) is 54.8 Å². The van der Waals surface area contributed by atoms with Crippen molar-refractivity contribution in [3.8, 4) is 0 Å². The van der Waals surface area contributed by atoms with Crippen LogP contribution >= 0.6 is 35.0 Å². The van der Waals surface area contributed by atoms with Gasteiger partial charge < -0.3 is 5.32 Å². The number of piperidine rings is 1. The molecule has 0 spiro atoms. The zero-order chi connectivity index (χ0) is 19.8. The molecule has 0 aromatic heterocycles. The van der Waals surface area contributed by atoms with E-state index in [1.54, 1.807) is 17.8 Å². The van der Waals surface area contributed by atoms with E-state index >= 15 is 0 Å². The smallest absolute Gasteiger partial charge is 0.230 e. The number of hydrogen-bond donors (Lipinski definition) is 1. The monoisotopic (exact) mass is 436 g/mol. The maximum atomic E-state index is 12.3. The minimum absolute atomic E-state index is 0.0443. The van der Waals surface area contributed by atoms with Gasteiger partial charge in [-0.3, -0.25) is 9.69 Å². The van der Waals surface area contributed by atoms with Crippen LogP contribution in [0.15, 0.2) is 42.5 Å². The normalized spacial score (nSPS) is 14.8. The molecule has 2 aromatic rings. The van der Waals surface area contributed by atoms with Crippen molar-refractivity contribution in [3.63, 3.8) is 0 Å². The molecule has 1 heterocycles. The number of nitrogens with zero attached hydrogens (tertiary/aromatic N) is 1. The summed E-state index contributed by atoms with van der Waals surface area (Å²) in [5.74, 6) is 1.14. The van der Waals surface area contributed by atoms with Gasteiger partial charge in [0, 0.05) is 28.9 Å². The van der Waals surface area contributed by atoms with Crippen molar-refractivity contribution in [3.05, 3.63) is 69.2 Å². The summed E-state index contributed by atoms with van der Waals surface area (Å²) >= 11 is 13.7. The molecular formula is C22H26Cl2N2OS. The fourth-order valence-electron chi connectivity index (χ4n) is 3.38. The summed E-state index contributed by atoms with van der Waals surface area (Å²) in [5, 5.41) is 4.32. The Labute approximate surface area is 181 Å². The van der Waals surface area contributed by atoms with Crippen LogP contribution in [0.2, 0.25) is 10.0 Å². The van der Waals surface area contributed by atoms with E-state index in [1.807, 2.05) is 18.2 Å². The number of benzene rings is 2. The Morgan fingerprint density at radius 3 is 2.50 bits per heavy atom. The first-order valence-electron chi connectivity index (χ1n) is 9.69. The van der Waals surface area contributed by atoms with Crippen LogP contribution in [-0.2, 0) is 23.6 Å². The first-order valence-corrected chi connectivity index (χ1v) is 11.6. The molecule has 0 bridgehead atoms. The van der Waals surface area contributed by atoms with Crippen molar-refractivity contribution < 1.29 is 4.79 Å². The minimum Gasteiger partial charge on any atom is -0.351 e. The molecule has 6 heteroatoms. The van der Waals surface area contributed by atoms with Crippen LogP contribution in [0.25, 0.3) is 0 Å². The Kier molecular flexibility index (Phi) is 8.53. The maximum absolute atomic E-state index is 12.3. The lowest BCUT2D eigenvalue weighted by molar-refractivity contribution is -0.118. The van der Waals surface area contributed by atoms with Gasteiger partial charge in [-0.15, -0.1) is 11.8 Å². The lowest BCUT2D eigenvalue weighted by Crippen LogP contribution is -2.30. The van der Waals surface area contributed by atoms with E-state index in [0.717, 1.165) is 12.1 Å². The molecule has 1 aliphatic rings. The number of halogens is 2. The topological polar surface area (TPSA) is 32.3 Å². The third-order valence-electron chi connectivity index (χ3n) is 4.94. The molecule has 2 aromatic carbocycles. The van der Waals surface area contributed by atoms with Crippen molar-refractivity contribution in [1.29, 1.82) is 0 Å². The summed E-state index contributed by atoms with van der Waals surface area (Å²) in [6.45, 7) is 3.89. The van der Waals surface area contributed by atoms with Crippen LogP contribution < -0.4 is 5.32 Å². The van der Waals surface area contributed by atoms with Crippen LogP contribution in [0.3, 0.4) is 0 Å². The second-order valence-corrected chi connectivity index (χ2v) is 8.94. The molecule has 1 fully saturated rings. The zero-order valence-electron chi connectivity index (χ0n) is 15.9. The number of carbonyl (C=O) groups excluding carboxylic acids is 1. The second-order valence-electron chi connectivity index (χ2n) is 7.11. The number of hydrogen-bond acceptors (Lipinski definition) is 3. The number of amides is 1. The third kappa shape index (κ3) is 6.70. The van der Waals surface area contributed by atoms with E-state index < -0.39 is 0 Å². The Hall–Kier alpha value is -1.20. The predicted octanol–water partition coefficient (Wildman–Crippen LogP) is 5.53. The van der Waals surface area contributed by atoms with E-state index in [4.69, 9.17) is 23.2 Å². The summed E-state index contributed by atoms with van der Waals surface area (Å²) in [5.41, 5.74) is 3.51. The van der Waals surface area contributed by atoms with Gasteiger partial charge in [-0.1, -0.05) is 60.0 Å². The molecule has 3 nitrogen and oxygen atoms in total. The van der Waals surface area contributed by atoms with E-state index in [2.05, 4.69) is 28.4 Å². The number of nitrogens with one attached hydrogen (secondary N) is 1. The quantitative estimate of drug-likeness (QED) is 0.590. The molecule has 0 atom stereocenters. The molecule has 0 saturated carbocycles. The highest BCUT2D eigenvalue weighted by molar-refractivity contribution is 7.99. The minimum atomic E-state index is 0.0443. The van der Waals surface area contributed by atoms with Crippen LogP contribution in [0, 0.1) is 0 Å². The average Bonchev–Trinajstić information content (AvgIpc) is 2.70. The van der Waals surface area contributed by atoms with Gasteiger partial charge in [0.1, 0.15) is 0 Å². The lowest BCUT2D eigenvalue weighted by atomic mass is 10.0. The highest BCUT2D eigenvalue weighted by Crippen LogP contribution is 2.24. The SMILES string of the molecule is O=C(CSCc1ccc(Cl)cc1Cl)NCc1ccccc1CN1CCCCC1. The number of likely N-dealkylation sites (tertiary alicyclic amines) is 1. The lowest BCUT2D eigenvalue weighted by Gasteiger charge is -2.27. The Balaban J connectivity index is 1.45. The van der Waals surface area contributed by atoms with Crippen molar-refractivity contribution in [1.82, 2.24) is 10.2 Å². The third-order valence-corrected chi connectivity index (χ3v) is 6.51. The summed E-state index contributed by atoms with van der Waals surface area (Å²) in [6.07, 6.45) is 3.91. The molecule has 3 rings (SSSR count). The molecule has 0 radical (unpaired) electrons. The molecular weight excluding hydrogens is 411 g/mol. The largest absolute Gasteiger partial charge is 0.351 e. The van der Waals surface area contributed by atoms with Crippen molar-refractivity contribution >= 4 is 40.9 Å². The van der Waals surface area contributed by atoms with Crippen LogP contribution in [0.1, 0.15) is 36.0 Å². The number of rotatable bonds is 8. The van der Waals surface area contributed by atoms with Gasteiger partial charge in [0.05, 0.1) is 5.75 Å². The van der Waals surface area contributed by atoms with E-state index in [0.29, 0.717) is 28.1 Å². The van der Waals surface area contributed by atoms with Gasteiger partial charge >= 0.3 is 0 Å². The molecule has 1 amide bonds. The van der Waals surface area contributed by atoms with Gasteiger partial charge in [0.15, 0.2) is 0 Å². The molecule has 1 saturated heterocycles.